The van der Waals surface area contributed by atoms with Crippen molar-refractivity contribution in [2.45, 2.75) is 44.2 Å². The van der Waals surface area contributed by atoms with E-state index in [0.29, 0.717) is 88.1 Å². The third-order valence-corrected chi connectivity index (χ3v) is 22.9. The first kappa shape index (κ1) is 87.3. The topological polar surface area (TPSA) is 253 Å². The van der Waals surface area contributed by atoms with Gasteiger partial charge in [-0.1, -0.05) is 227 Å². The van der Waals surface area contributed by atoms with Gasteiger partial charge in [-0.25, -0.2) is 15.0 Å². The minimum atomic E-state index is -1.50. The average molecular weight is 1760 g/mol. The number of aryl methyl sites for hydroxylation is 1. The zero-order valence-corrected chi connectivity index (χ0v) is 71.8. The van der Waals surface area contributed by atoms with Crippen LogP contribution in [0.5, 0.6) is 17.2 Å². The van der Waals surface area contributed by atoms with Crippen LogP contribution in [-0.2, 0) is 14.4 Å². The van der Waals surface area contributed by atoms with Crippen molar-refractivity contribution in [1.29, 1.82) is 0 Å². The van der Waals surface area contributed by atoms with E-state index in [0.717, 1.165) is 126 Å². The molecule has 0 saturated carbocycles. The van der Waals surface area contributed by atoms with Crippen LogP contribution >= 0.6 is 69.6 Å². The quantitative estimate of drug-likeness (QED) is 0.0672. The standard InChI is InChI=1S/C17H17Cl2N.C17H17N3O.C17H19N3O.C16H13ClN2O.C15H10Cl2N2O2.C15H11ClN2O2/c1-20-17-9-7-12(13-4-2-3-5-14(13)17)11-6-8-15(18)16(19)10-11;1-3-7-15-13(5-1)17(20-11-9-18-10-12-20)19-14-6-2-4-8-16(14)21-15;1-13-5-7-14(8-6-13)20(12-17-18-9-10-19-17)15-3-2-4-16(21)11-15;1-19-14-8-7-12(17)9-13(14)16(18-10-15(19)20)11-5-3-2-4-6-11;16-8-5-6-12-10(7-8)13(19-15(21)14(20)18-12)9-3-1-2-4-11(9)17;16-10-6-7-12-11(8-10)13(9-4-2-1-3-5-9)18-15(20)14(19)17-12/h2-6,8,10,12,17,20H,7,9H2,1H3;1-8,18H,9-12H2;2-8,11,21H,9-10,12H2,1H3,(H,18,19);2-9H,10H2,1H3;1-7,15,21H,(H,18,20);1-8,15,20H,(H,17,19). The lowest BCUT2D eigenvalue weighted by atomic mass is 9.77. The number of benzodiazepines with no additional fused rings is 3. The van der Waals surface area contributed by atoms with Gasteiger partial charge in [-0.15, -0.1) is 0 Å². The van der Waals surface area contributed by atoms with Gasteiger partial charge in [0.25, 0.3) is 11.8 Å². The third-order valence-electron chi connectivity index (χ3n) is 21.1. The fourth-order valence-electron chi connectivity index (χ4n) is 14.9. The third kappa shape index (κ3) is 21.7. The molecule has 3 amide bonds. The van der Waals surface area contributed by atoms with Gasteiger partial charge >= 0.3 is 0 Å². The van der Waals surface area contributed by atoms with Crippen LogP contribution in [-0.4, -0.2) is 146 Å². The highest BCUT2D eigenvalue weighted by molar-refractivity contribution is 6.42. The Bertz CT molecular complexity index is 5990. The van der Waals surface area contributed by atoms with Crippen molar-refractivity contribution in [2.24, 2.45) is 25.0 Å². The number of amides is 3. The van der Waals surface area contributed by atoms with E-state index in [2.05, 4.69) is 124 Å². The molecule has 123 heavy (non-hydrogen) atoms. The lowest BCUT2D eigenvalue weighted by Gasteiger charge is -2.32. The minimum Gasteiger partial charge on any atom is -0.508 e. The number of aliphatic hydroxyl groups is 2. The second kappa shape index (κ2) is 41.2. The first-order valence-electron chi connectivity index (χ1n) is 39.9. The maximum Gasteiger partial charge on any atom is 0.276 e. The summed E-state index contributed by atoms with van der Waals surface area (Å²) in [5, 5.41) is 48.1. The number of amidine groups is 2. The number of hydrogen-bond acceptors (Lipinski definition) is 17. The van der Waals surface area contributed by atoms with Crippen LogP contribution in [0, 0.1) is 6.92 Å². The summed E-state index contributed by atoms with van der Waals surface area (Å²) >= 11 is 36.6. The smallest absolute Gasteiger partial charge is 0.276 e. The first-order chi connectivity index (χ1) is 59.7. The number of benzene rings is 12. The SMILES string of the molecule is CN1C(=O)CN=C(c2ccccc2)c2cc(Cl)ccc21.CNC1CCC(c2ccc(Cl)c(Cl)c2)c2ccccc21.Cc1ccc(N(CC2=NCCN2)c2cccc(O)c2)cc1.O=C1Nc2ccc(Cl)cc2C(c2ccccc2)=NC1O.O=C1Nc2ccc(Cl)cc2C(c2ccccc2Cl)=NC1O.c1ccc2c(c1)N=C(N1CCNCC1)c1ccccc1O2. The zero-order chi connectivity index (χ0) is 86.0. The van der Waals surface area contributed by atoms with Gasteiger partial charge in [-0.2, -0.15) is 0 Å². The fourth-order valence-corrected chi connectivity index (χ4v) is 16.0. The molecule has 6 aliphatic heterocycles. The van der Waals surface area contributed by atoms with Gasteiger partial charge in [-0.05, 0) is 165 Å². The Morgan fingerprint density at radius 2 is 1.10 bits per heavy atom. The minimum absolute atomic E-state index is 0.0282. The number of phenols is 1. The molecule has 0 aromatic heterocycles. The van der Waals surface area contributed by atoms with Gasteiger partial charge in [0.05, 0.1) is 62.9 Å². The van der Waals surface area contributed by atoms with Gasteiger partial charge in [0.15, 0.2) is 5.75 Å². The predicted octanol–water partition coefficient (Wildman–Crippen LogP) is 19.5. The summed E-state index contributed by atoms with van der Waals surface area (Å²) in [5.41, 5.74) is 17.6. The van der Waals surface area contributed by atoms with Crippen molar-refractivity contribution in [2.75, 3.05) is 86.9 Å². The van der Waals surface area contributed by atoms with Crippen LogP contribution in [0.3, 0.4) is 0 Å². The molecular formula is C97H87Cl6N13O7. The van der Waals surface area contributed by atoms with Crippen molar-refractivity contribution in [3.8, 4) is 17.2 Å². The second-order valence-corrected chi connectivity index (χ2v) is 31.8. The summed E-state index contributed by atoms with van der Waals surface area (Å²) < 4.78 is 6.07. The molecule has 624 valence electrons. The Morgan fingerprint density at radius 1 is 0.512 bits per heavy atom. The number of para-hydroxylation sites is 3. The average Bonchev–Trinajstić information content (AvgIpc) is 1.67. The van der Waals surface area contributed by atoms with E-state index in [1.165, 1.54) is 22.3 Å². The number of anilines is 5. The number of aliphatic hydroxyl groups excluding tert-OH is 2. The van der Waals surface area contributed by atoms with Crippen LogP contribution < -0.4 is 41.1 Å². The van der Waals surface area contributed by atoms with Gasteiger partial charge in [0.2, 0.25) is 18.4 Å². The normalized spacial score (nSPS) is 17.0. The molecule has 1 aliphatic carbocycles. The highest BCUT2D eigenvalue weighted by Crippen LogP contribution is 2.44. The summed E-state index contributed by atoms with van der Waals surface area (Å²) in [6.07, 6.45) is -0.669. The van der Waals surface area contributed by atoms with Gasteiger partial charge in [0.1, 0.15) is 35.4 Å². The number of nitrogens with one attached hydrogen (secondary N) is 5. The molecule has 0 spiro atoms. The molecule has 20 nitrogen and oxygen atoms in total. The van der Waals surface area contributed by atoms with Gasteiger partial charge in [0, 0.05) is 123 Å². The van der Waals surface area contributed by atoms with Crippen molar-refractivity contribution in [3.05, 3.63) is 370 Å². The second-order valence-electron chi connectivity index (χ2n) is 29.3. The number of carbonyl (C=O) groups excluding carboxylic acids is 3. The van der Waals surface area contributed by atoms with Crippen molar-refractivity contribution < 1.29 is 34.4 Å². The van der Waals surface area contributed by atoms with Gasteiger partial charge < -0.3 is 61.3 Å². The zero-order valence-electron chi connectivity index (χ0n) is 67.3. The van der Waals surface area contributed by atoms with E-state index >= 15 is 0 Å². The lowest BCUT2D eigenvalue weighted by molar-refractivity contribution is -0.124. The molecule has 0 radical (unpaired) electrons. The number of aromatic hydroxyl groups is 1. The molecule has 6 heterocycles. The van der Waals surface area contributed by atoms with E-state index in [4.69, 9.17) is 79.3 Å². The molecule has 7 aliphatic rings. The van der Waals surface area contributed by atoms with Crippen LogP contribution in [0.2, 0.25) is 30.1 Å². The summed E-state index contributed by atoms with van der Waals surface area (Å²) in [5.74, 6) is 3.18. The lowest BCUT2D eigenvalue weighted by Crippen LogP contribution is -2.46. The molecule has 4 atom stereocenters. The first-order valence-corrected chi connectivity index (χ1v) is 42.2. The van der Waals surface area contributed by atoms with Crippen LogP contribution in [0.25, 0.3) is 0 Å². The highest BCUT2D eigenvalue weighted by atomic mass is 35.5. The van der Waals surface area contributed by atoms with E-state index in [-0.39, 0.29) is 18.2 Å². The molecule has 8 N–H and O–H groups in total. The number of likely N-dealkylation sites (N-methyl/N-ethyl adjacent to an activating group) is 1. The van der Waals surface area contributed by atoms with E-state index in [1.807, 2.05) is 147 Å². The van der Waals surface area contributed by atoms with Crippen LogP contribution in [0.1, 0.15) is 86.0 Å². The number of phenolic OH excluding ortho intramolecular Hbond substituents is 1. The molecule has 12 aromatic carbocycles. The maximum absolute atomic E-state index is 12.0. The number of ether oxygens (including phenoxy) is 1. The number of rotatable bonds is 9. The van der Waals surface area contributed by atoms with Crippen molar-refractivity contribution >= 4 is 150 Å². The molecule has 1 fully saturated rings. The summed E-state index contributed by atoms with van der Waals surface area (Å²) in [6, 6.07) is 88.8. The van der Waals surface area contributed by atoms with Crippen molar-refractivity contribution in [3.63, 3.8) is 0 Å². The Balaban J connectivity index is 0.000000120. The van der Waals surface area contributed by atoms with Gasteiger partial charge in [-0.3, -0.25) is 24.4 Å². The van der Waals surface area contributed by atoms with E-state index in [1.54, 1.807) is 90.8 Å². The molecule has 4 unspecified atom stereocenters. The monoisotopic (exact) mass is 1760 g/mol. The number of hydrogen-bond donors (Lipinski definition) is 8. The van der Waals surface area contributed by atoms with E-state index < -0.39 is 24.3 Å². The Morgan fingerprint density at radius 3 is 1.74 bits per heavy atom. The number of fused-ring (bicyclic) bond motifs is 6. The Kier molecular flexibility index (Phi) is 29.3. The van der Waals surface area contributed by atoms with E-state index in [9.17, 15) is 29.7 Å². The molecule has 19 rings (SSSR count). The largest absolute Gasteiger partial charge is 0.508 e. The molecular weight excluding hydrogens is 1670 g/mol. The number of nitrogens with zero attached hydrogens (tertiary/aromatic N) is 8. The maximum atomic E-state index is 12.0. The Labute approximate surface area is 743 Å². The number of aliphatic imine (C=N–C) groups is 5. The number of halogens is 6. The number of carbonyl (C=O) groups is 3. The van der Waals surface area contributed by atoms with Crippen LogP contribution in [0.15, 0.2) is 304 Å². The summed E-state index contributed by atoms with van der Waals surface area (Å²) in [7, 11) is 3.79. The molecule has 0 bridgehead atoms. The number of piperazine rings is 1. The predicted molar refractivity (Wildman–Crippen MR) is 499 cm³/mol. The van der Waals surface area contributed by atoms with Crippen molar-refractivity contribution in [1.82, 2.24) is 20.9 Å². The Hall–Kier alpha value is -12.0. The summed E-state index contributed by atoms with van der Waals surface area (Å²) in [4.78, 5) is 63.7. The fraction of sp³-hybridized carbons (Fsp3) is 0.175. The summed E-state index contributed by atoms with van der Waals surface area (Å²) in [6.45, 7) is 8.54. The van der Waals surface area contributed by atoms with Crippen LogP contribution in [0.4, 0.5) is 34.1 Å². The molecule has 12 aromatic rings. The molecule has 26 heteroatoms. The highest BCUT2D eigenvalue weighted by Gasteiger charge is 2.31. The molecule has 1 saturated heterocycles.